The van der Waals surface area contributed by atoms with Crippen molar-refractivity contribution in [2.24, 2.45) is 5.92 Å². The number of carbonyl (C=O) groups excluding carboxylic acids is 1. The van der Waals surface area contributed by atoms with E-state index >= 15 is 0 Å². The Bertz CT molecular complexity index is 525. The summed E-state index contributed by atoms with van der Waals surface area (Å²) >= 11 is 0. The van der Waals surface area contributed by atoms with Crippen LogP contribution < -0.4 is 10.1 Å². The van der Waals surface area contributed by atoms with Crippen LogP contribution >= 0.6 is 0 Å². The molecule has 1 aromatic carbocycles. The number of amides is 1. The minimum absolute atomic E-state index is 0.0988. The number of carbonyl (C=O) groups is 1. The highest BCUT2D eigenvalue weighted by molar-refractivity contribution is 5.76. The van der Waals surface area contributed by atoms with E-state index in [9.17, 15) is 9.90 Å². The highest BCUT2D eigenvalue weighted by Gasteiger charge is 2.36. The van der Waals surface area contributed by atoms with Crippen molar-refractivity contribution in [3.05, 3.63) is 29.3 Å². The van der Waals surface area contributed by atoms with Gasteiger partial charge in [0.05, 0.1) is 25.4 Å². The van der Waals surface area contributed by atoms with Crippen molar-refractivity contribution in [1.29, 1.82) is 0 Å². The maximum atomic E-state index is 11.8. The molecule has 21 heavy (non-hydrogen) atoms. The first-order valence-corrected chi connectivity index (χ1v) is 7.51. The van der Waals surface area contributed by atoms with E-state index in [4.69, 9.17) is 9.84 Å². The van der Waals surface area contributed by atoms with Crippen LogP contribution in [0.2, 0.25) is 0 Å². The van der Waals surface area contributed by atoms with Gasteiger partial charge in [-0.25, -0.2) is 0 Å². The van der Waals surface area contributed by atoms with Crippen LogP contribution in [0, 0.1) is 5.92 Å². The molecular formula is C16H21NO4. The van der Waals surface area contributed by atoms with E-state index in [1.54, 1.807) is 0 Å². The number of ether oxygens (including phenoxy) is 1. The largest absolute Gasteiger partial charge is 0.493 e. The predicted octanol–water partition coefficient (Wildman–Crippen LogP) is 0.932. The van der Waals surface area contributed by atoms with Gasteiger partial charge in [-0.2, -0.15) is 0 Å². The lowest BCUT2D eigenvalue weighted by molar-refractivity contribution is -0.123. The molecule has 1 amide bonds. The predicted molar refractivity (Wildman–Crippen MR) is 77.0 cm³/mol. The van der Waals surface area contributed by atoms with E-state index in [0.29, 0.717) is 19.4 Å². The van der Waals surface area contributed by atoms with Gasteiger partial charge in [-0.1, -0.05) is 6.07 Å². The van der Waals surface area contributed by atoms with Crippen LogP contribution in [0.15, 0.2) is 18.2 Å². The Morgan fingerprint density at radius 1 is 1.43 bits per heavy atom. The average molecular weight is 291 g/mol. The monoisotopic (exact) mass is 291 g/mol. The first-order chi connectivity index (χ1) is 10.2. The quantitative estimate of drug-likeness (QED) is 0.754. The summed E-state index contributed by atoms with van der Waals surface area (Å²) < 4.78 is 5.51. The number of hydrogen-bond donors (Lipinski definition) is 3. The van der Waals surface area contributed by atoms with Crippen LogP contribution in [-0.4, -0.2) is 35.4 Å². The fourth-order valence-corrected chi connectivity index (χ4v) is 3.12. The third-order valence-corrected chi connectivity index (χ3v) is 4.35. The lowest BCUT2D eigenvalue weighted by atomic mass is 9.75. The van der Waals surface area contributed by atoms with Gasteiger partial charge in [-0.3, -0.25) is 4.79 Å². The maximum absolute atomic E-state index is 11.8. The minimum Gasteiger partial charge on any atom is -0.493 e. The zero-order valence-electron chi connectivity index (χ0n) is 11.9. The second kappa shape index (κ2) is 6.03. The molecule has 0 unspecified atom stereocenters. The molecular weight excluding hydrogens is 270 g/mol. The minimum atomic E-state index is -0.259. The number of rotatable bonds is 5. The van der Waals surface area contributed by atoms with Crippen LogP contribution in [0.25, 0.3) is 0 Å². The number of fused-ring (bicyclic) bond motifs is 1. The Morgan fingerprint density at radius 3 is 2.95 bits per heavy atom. The fourth-order valence-electron chi connectivity index (χ4n) is 3.12. The van der Waals surface area contributed by atoms with E-state index in [0.717, 1.165) is 17.7 Å². The van der Waals surface area contributed by atoms with Gasteiger partial charge in [0.1, 0.15) is 5.75 Å². The van der Waals surface area contributed by atoms with E-state index < -0.39 is 0 Å². The van der Waals surface area contributed by atoms with Gasteiger partial charge >= 0.3 is 0 Å². The third-order valence-electron chi connectivity index (χ3n) is 4.35. The molecule has 0 saturated heterocycles. The molecule has 3 rings (SSSR count). The number of nitrogens with one attached hydrogen (secondary N) is 1. The molecule has 5 nitrogen and oxygen atoms in total. The van der Waals surface area contributed by atoms with Crippen molar-refractivity contribution in [3.63, 3.8) is 0 Å². The number of aliphatic hydroxyl groups is 2. The van der Waals surface area contributed by atoms with Gasteiger partial charge in [0.25, 0.3) is 0 Å². The summed E-state index contributed by atoms with van der Waals surface area (Å²) in [5.41, 5.74) is 2.23. The third kappa shape index (κ3) is 3.04. The molecule has 0 aromatic heterocycles. The van der Waals surface area contributed by atoms with Crippen molar-refractivity contribution in [1.82, 2.24) is 5.32 Å². The molecule has 0 radical (unpaired) electrons. The van der Waals surface area contributed by atoms with E-state index in [2.05, 4.69) is 11.4 Å². The van der Waals surface area contributed by atoms with Crippen molar-refractivity contribution in [3.8, 4) is 5.75 Å². The first kappa shape index (κ1) is 14.4. The highest BCUT2D eigenvalue weighted by Crippen LogP contribution is 2.39. The SMILES string of the molecule is O=C(CCO)N[C@H](c1ccc2c(c1)CCO2)C1CC(O)C1. The summed E-state index contributed by atoms with van der Waals surface area (Å²) in [5, 5.41) is 21.4. The Morgan fingerprint density at radius 2 is 2.24 bits per heavy atom. The molecule has 0 spiro atoms. The summed E-state index contributed by atoms with van der Waals surface area (Å²) in [6.45, 7) is 0.562. The summed E-state index contributed by atoms with van der Waals surface area (Å²) in [5.74, 6) is 1.02. The van der Waals surface area contributed by atoms with Crippen LogP contribution in [0.4, 0.5) is 0 Å². The first-order valence-electron chi connectivity index (χ1n) is 7.51. The number of aliphatic hydroxyl groups excluding tert-OH is 2. The van der Waals surface area contributed by atoms with Gasteiger partial charge in [0, 0.05) is 12.8 Å². The van der Waals surface area contributed by atoms with Crippen molar-refractivity contribution >= 4 is 5.91 Å². The molecule has 1 aromatic rings. The lowest BCUT2D eigenvalue weighted by Gasteiger charge is -2.38. The molecule has 1 heterocycles. The van der Waals surface area contributed by atoms with Crippen LogP contribution in [0.5, 0.6) is 5.75 Å². The lowest BCUT2D eigenvalue weighted by Crippen LogP contribution is -2.41. The van der Waals surface area contributed by atoms with E-state index in [1.165, 1.54) is 5.56 Å². The Balaban J connectivity index is 1.79. The van der Waals surface area contributed by atoms with Gasteiger partial charge in [-0.05, 0) is 42.0 Å². The van der Waals surface area contributed by atoms with Gasteiger partial charge in [-0.15, -0.1) is 0 Å². The van der Waals surface area contributed by atoms with Crippen LogP contribution in [-0.2, 0) is 11.2 Å². The molecule has 114 valence electrons. The van der Waals surface area contributed by atoms with E-state index in [1.807, 2.05) is 12.1 Å². The fraction of sp³-hybridized carbons (Fsp3) is 0.562. The average Bonchev–Trinajstić information content (AvgIpc) is 2.89. The van der Waals surface area contributed by atoms with Crippen LogP contribution in [0.1, 0.15) is 36.4 Å². The van der Waals surface area contributed by atoms with Crippen molar-refractivity contribution in [2.75, 3.05) is 13.2 Å². The summed E-state index contributed by atoms with van der Waals surface area (Å²) in [6, 6.07) is 5.94. The standard InChI is InChI=1S/C16H21NO4/c18-5-3-15(20)17-16(12-8-13(19)9-12)11-1-2-14-10(7-11)4-6-21-14/h1-2,7,12-13,16,18-19H,3-6,8-9H2,(H,17,20)/t12?,13?,16-/m1/s1. The smallest absolute Gasteiger partial charge is 0.222 e. The highest BCUT2D eigenvalue weighted by atomic mass is 16.5. The summed E-state index contributed by atoms with van der Waals surface area (Å²) in [4.78, 5) is 11.8. The number of benzene rings is 1. The van der Waals surface area contributed by atoms with E-state index in [-0.39, 0.29) is 37.0 Å². The molecule has 0 bridgehead atoms. The zero-order valence-corrected chi connectivity index (χ0v) is 11.9. The molecule has 2 aliphatic rings. The molecule has 1 aliphatic heterocycles. The Kier molecular flexibility index (Phi) is 4.12. The van der Waals surface area contributed by atoms with Crippen molar-refractivity contribution < 1.29 is 19.7 Å². The van der Waals surface area contributed by atoms with Gasteiger partial charge in [0.15, 0.2) is 0 Å². The summed E-state index contributed by atoms with van der Waals surface area (Å²) in [7, 11) is 0. The Labute approximate surface area is 123 Å². The van der Waals surface area contributed by atoms with Crippen molar-refractivity contribution in [2.45, 2.75) is 37.8 Å². The molecule has 1 saturated carbocycles. The second-order valence-corrected chi connectivity index (χ2v) is 5.87. The Hall–Kier alpha value is -1.59. The van der Waals surface area contributed by atoms with Gasteiger partial charge < -0.3 is 20.3 Å². The molecule has 5 heteroatoms. The number of hydrogen-bond acceptors (Lipinski definition) is 4. The zero-order chi connectivity index (χ0) is 14.8. The molecule has 3 N–H and O–H groups in total. The summed E-state index contributed by atoms with van der Waals surface area (Å²) in [6.07, 6.45) is 2.16. The second-order valence-electron chi connectivity index (χ2n) is 5.87. The normalized spacial score (nSPS) is 24.7. The van der Waals surface area contributed by atoms with Gasteiger partial charge in [0.2, 0.25) is 5.91 Å². The topological polar surface area (TPSA) is 78.8 Å². The maximum Gasteiger partial charge on any atom is 0.222 e. The molecule has 1 fully saturated rings. The molecule has 1 aliphatic carbocycles. The molecule has 1 atom stereocenters. The van der Waals surface area contributed by atoms with Crippen LogP contribution in [0.3, 0.4) is 0 Å².